The van der Waals surface area contributed by atoms with Crippen molar-refractivity contribution in [2.75, 3.05) is 0 Å². The van der Waals surface area contributed by atoms with Crippen LogP contribution >= 0.6 is 0 Å². The first-order chi connectivity index (χ1) is 7.13. The minimum absolute atomic E-state index is 0.120. The lowest BCUT2D eigenvalue weighted by Crippen LogP contribution is -2.35. The fourth-order valence-corrected chi connectivity index (χ4v) is 2.28. The minimum atomic E-state index is -0.144. The van der Waals surface area contributed by atoms with Crippen molar-refractivity contribution in [2.45, 2.75) is 59.5 Å². The fourth-order valence-electron chi connectivity index (χ4n) is 2.28. The second kappa shape index (κ2) is 4.13. The summed E-state index contributed by atoms with van der Waals surface area (Å²) in [7, 11) is 0. The maximum Gasteiger partial charge on any atom is 0.168 e. The molecule has 92 valence electrons. The summed E-state index contributed by atoms with van der Waals surface area (Å²) in [6.07, 6.45) is 0.991. The Morgan fingerprint density at radius 3 is 2.25 bits per heavy atom. The van der Waals surface area contributed by atoms with Crippen LogP contribution in [0.2, 0.25) is 0 Å². The van der Waals surface area contributed by atoms with Gasteiger partial charge in [-0.25, -0.2) is 4.68 Å². The molecule has 1 aromatic rings. The SMILES string of the molecule is CC(N)c1nnnn1C(C)(C)CC(C)(C)C. The van der Waals surface area contributed by atoms with Gasteiger partial charge in [0, 0.05) is 0 Å². The van der Waals surface area contributed by atoms with Crippen LogP contribution < -0.4 is 5.73 Å². The Balaban J connectivity index is 3.02. The van der Waals surface area contributed by atoms with Crippen molar-refractivity contribution < 1.29 is 0 Å². The molecule has 5 nitrogen and oxygen atoms in total. The Labute approximate surface area is 97.4 Å². The van der Waals surface area contributed by atoms with Crippen molar-refractivity contribution in [3.05, 3.63) is 5.82 Å². The zero-order valence-corrected chi connectivity index (χ0v) is 11.2. The summed E-state index contributed by atoms with van der Waals surface area (Å²) in [5, 5.41) is 11.8. The molecule has 0 radical (unpaired) electrons. The van der Waals surface area contributed by atoms with Crippen molar-refractivity contribution in [3.8, 4) is 0 Å². The number of hydrogen-bond donors (Lipinski definition) is 1. The Kier molecular flexibility index (Phi) is 3.38. The maximum absolute atomic E-state index is 5.86. The molecule has 0 saturated carbocycles. The Bertz CT molecular complexity index is 346. The van der Waals surface area contributed by atoms with Gasteiger partial charge in [0.05, 0.1) is 11.6 Å². The molecule has 0 amide bonds. The van der Waals surface area contributed by atoms with Crippen LogP contribution in [-0.4, -0.2) is 20.2 Å². The van der Waals surface area contributed by atoms with Crippen LogP contribution in [0.5, 0.6) is 0 Å². The van der Waals surface area contributed by atoms with Crippen LogP contribution in [0.3, 0.4) is 0 Å². The molecule has 1 aromatic heterocycles. The summed E-state index contributed by atoms with van der Waals surface area (Å²) >= 11 is 0. The molecular weight excluding hydrogens is 202 g/mol. The standard InChI is InChI=1S/C11H23N5/c1-8(12)9-13-14-15-16(9)11(5,6)7-10(2,3)4/h8H,7,12H2,1-6H3. The summed E-state index contributed by atoms with van der Waals surface area (Å²) in [5.74, 6) is 0.745. The third-order valence-corrected chi connectivity index (χ3v) is 2.44. The van der Waals surface area contributed by atoms with Crippen molar-refractivity contribution in [3.63, 3.8) is 0 Å². The smallest absolute Gasteiger partial charge is 0.168 e. The molecule has 0 aliphatic rings. The van der Waals surface area contributed by atoms with Gasteiger partial charge in [-0.2, -0.15) is 0 Å². The average Bonchev–Trinajstić information content (AvgIpc) is 2.45. The van der Waals surface area contributed by atoms with Gasteiger partial charge in [0.15, 0.2) is 5.82 Å². The van der Waals surface area contributed by atoms with E-state index in [1.165, 1.54) is 0 Å². The van der Waals surface area contributed by atoms with Gasteiger partial charge in [-0.15, -0.1) is 5.10 Å². The van der Waals surface area contributed by atoms with Gasteiger partial charge in [-0.05, 0) is 43.0 Å². The first-order valence-electron chi connectivity index (χ1n) is 5.68. The van der Waals surface area contributed by atoms with Gasteiger partial charge in [-0.3, -0.25) is 0 Å². The summed E-state index contributed by atoms with van der Waals surface area (Å²) in [6.45, 7) is 12.8. The summed E-state index contributed by atoms with van der Waals surface area (Å²) in [4.78, 5) is 0. The lowest BCUT2D eigenvalue weighted by molar-refractivity contribution is 0.189. The van der Waals surface area contributed by atoms with E-state index in [1.54, 1.807) is 0 Å². The van der Waals surface area contributed by atoms with E-state index in [4.69, 9.17) is 5.73 Å². The molecule has 0 spiro atoms. The molecule has 0 fully saturated rings. The number of rotatable bonds is 3. The van der Waals surface area contributed by atoms with Gasteiger partial charge in [0.1, 0.15) is 0 Å². The number of nitrogens with zero attached hydrogens (tertiary/aromatic N) is 4. The normalized spacial score (nSPS) is 15.2. The predicted molar refractivity (Wildman–Crippen MR) is 63.8 cm³/mol. The summed E-state index contributed by atoms with van der Waals surface area (Å²) in [5.41, 5.74) is 5.96. The molecule has 0 saturated heterocycles. The minimum Gasteiger partial charge on any atom is -0.322 e. The summed E-state index contributed by atoms with van der Waals surface area (Å²) < 4.78 is 1.85. The molecule has 0 bridgehead atoms. The van der Waals surface area contributed by atoms with Gasteiger partial charge in [0.2, 0.25) is 0 Å². The molecule has 2 N–H and O–H groups in total. The third-order valence-electron chi connectivity index (χ3n) is 2.44. The van der Waals surface area contributed by atoms with Crippen LogP contribution in [-0.2, 0) is 5.54 Å². The van der Waals surface area contributed by atoms with Gasteiger partial charge in [0.25, 0.3) is 0 Å². The van der Waals surface area contributed by atoms with E-state index in [0.717, 1.165) is 12.2 Å². The number of hydrogen-bond acceptors (Lipinski definition) is 4. The number of tetrazole rings is 1. The van der Waals surface area contributed by atoms with Gasteiger partial charge < -0.3 is 5.73 Å². The predicted octanol–water partition coefficient (Wildman–Crippen LogP) is 1.86. The highest BCUT2D eigenvalue weighted by Gasteiger charge is 2.31. The zero-order chi connectivity index (χ0) is 12.6. The number of aromatic nitrogens is 4. The highest BCUT2D eigenvalue weighted by molar-refractivity contribution is 4.94. The highest BCUT2D eigenvalue weighted by atomic mass is 15.6. The van der Waals surface area contributed by atoms with Gasteiger partial charge in [-0.1, -0.05) is 20.8 Å². The molecule has 5 heteroatoms. The van der Waals surface area contributed by atoms with Crippen LogP contribution in [0, 0.1) is 5.41 Å². The maximum atomic E-state index is 5.86. The van der Waals surface area contributed by atoms with Crippen molar-refractivity contribution >= 4 is 0 Å². The molecule has 0 aliphatic heterocycles. The van der Waals surface area contributed by atoms with E-state index in [1.807, 2.05) is 11.6 Å². The van der Waals surface area contributed by atoms with E-state index in [2.05, 4.69) is 50.1 Å². The van der Waals surface area contributed by atoms with Crippen LogP contribution in [0.4, 0.5) is 0 Å². The van der Waals surface area contributed by atoms with Crippen LogP contribution in [0.15, 0.2) is 0 Å². The highest BCUT2D eigenvalue weighted by Crippen LogP contribution is 2.32. The molecular formula is C11H23N5. The first-order valence-corrected chi connectivity index (χ1v) is 5.68. The molecule has 1 unspecified atom stereocenters. The van der Waals surface area contributed by atoms with Crippen molar-refractivity contribution in [1.29, 1.82) is 0 Å². The van der Waals surface area contributed by atoms with Crippen molar-refractivity contribution in [1.82, 2.24) is 20.2 Å². The molecule has 1 atom stereocenters. The third kappa shape index (κ3) is 3.01. The molecule has 16 heavy (non-hydrogen) atoms. The molecule has 0 aromatic carbocycles. The van der Waals surface area contributed by atoms with E-state index in [9.17, 15) is 0 Å². The molecule has 1 heterocycles. The topological polar surface area (TPSA) is 69.6 Å². The lowest BCUT2D eigenvalue weighted by Gasteiger charge is -2.33. The molecule has 1 rings (SSSR count). The Morgan fingerprint density at radius 1 is 1.25 bits per heavy atom. The Morgan fingerprint density at radius 2 is 1.81 bits per heavy atom. The average molecular weight is 225 g/mol. The van der Waals surface area contributed by atoms with Gasteiger partial charge >= 0.3 is 0 Å². The lowest BCUT2D eigenvalue weighted by atomic mass is 9.82. The Hall–Kier alpha value is -0.970. The molecule has 0 aliphatic carbocycles. The fraction of sp³-hybridized carbons (Fsp3) is 0.909. The van der Waals surface area contributed by atoms with Crippen molar-refractivity contribution in [2.24, 2.45) is 11.1 Å². The monoisotopic (exact) mass is 225 g/mol. The first kappa shape index (κ1) is 13.1. The van der Waals surface area contributed by atoms with E-state index in [0.29, 0.717) is 0 Å². The zero-order valence-electron chi connectivity index (χ0n) is 11.2. The van der Waals surface area contributed by atoms with E-state index >= 15 is 0 Å². The second-order valence-electron chi connectivity index (χ2n) is 6.29. The van der Waals surface area contributed by atoms with Crippen LogP contribution in [0.1, 0.15) is 59.8 Å². The van der Waals surface area contributed by atoms with E-state index < -0.39 is 0 Å². The van der Waals surface area contributed by atoms with Crippen LogP contribution in [0.25, 0.3) is 0 Å². The summed E-state index contributed by atoms with van der Waals surface area (Å²) in [6, 6.07) is -0.144. The largest absolute Gasteiger partial charge is 0.322 e. The second-order valence-corrected chi connectivity index (χ2v) is 6.29. The quantitative estimate of drug-likeness (QED) is 0.852. The van der Waals surface area contributed by atoms with E-state index in [-0.39, 0.29) is 17.0 Å². The number of nitrogens with two attached hydrogens (primary N) is 1.